The van der Waals surface area contributed by atoms with Crippen molar-refractivity contribution < 1.29 is 9.59 Å². The number of hydrogen-bond donors (Lipinski definition) is 2. The zero-order chi connectivity index (χ0) is 18.2. The van der Waals surface area contributed by atoms with Crippen LogP contribution in [0.5, 0.6) is 0 Å². The van der Waals surface area contributed by atoms with Gasteiger partial charge in [0.15, 0.2) is 0 Å². The third-order valence-electron chi connectivity index (χ3n) is 3.73. The maximum atomic E-state index is 12.0. The number of carbonyl (C=O) groups is 2. The van der Waals surface area contributed by atoms with Crippen molar-refractivity contribution in [2.45, 2.75) is 26.2 Å². The van der Waals surface area contributed by atoms with Crippen LogP contribution in [-0.4, -0.2) is 18.4 Å². The zero-order valence-electron chi connectivity index (χ0n) is 13.9. The van der Waals surface area contributed by atoms with Gasteiger partial charge >= 0.3 is 0 Å². The van der Waals surface area contributed by atoms with E-state index in [9.17, 15) is 9.59 Å². The lowest BCUT2D eigenvalue weighted by atomic mass is 10.1. The molecule has 2 aromatic rings. The molecular formula is C19H20Cl2N2O2. The van der Waals surface area contributed by atoms with Gasteiger partial charge in [-0.3, -0.25) is 9.59 Å². The Bertz CT molecular complexity index is 763. The molecule has 0 saturated carbocycles. The van der Waals surface area contributed by atoms with Crippen molar-refractivity contribution in [2.24, 2.45) is 0 Å². The fraction of sp³-hybridized carbons (Fsp3) is 0.263. The first kappa shape index (κ1) is 19.3. The zero-order valence-corrected chi connectivity index (χ0v) is 15.5. The summed E-state index contributed by atoms with van der Waals surface area (Å²) in [5.74, 6) is -0.653. The maximum Gasteiger partial charge on any atom is 0.233 e. The Kier molecular flexibility index (Phi) is 7.29. The molecule has 6 heteroatoms. The van der Waals surface area contributed by atoms with Crippen LogP contribution in [0.25, 0.3) is 0 Å². The van der Waals surface area contributed by atoms with Gasteiger partial charge in [0.25, 0.3) is 0 Å². The lowest BCUT2D eigenvalue weighted by molar-refractivity contribution is -0.126. The topological polar surface area (TPSA) is 58.2 Å². The van der Waals surface area contributed by atoms with Crippen LogP contribution in [0.2, 0.25) is 10.0 Å². The van der Waals surface area contributed by atoms with Gasteiger partial charge in [-0.1, -0.05) is 54.4 Å². The molecule has 0 spiro atoms. The lowest BCUT2D eigenvalue weighted by Gasteiger charge is -2.10. The fourth-order valence-corrected chi connectivity index (χ4v) is 2.92. The summed E-state index contributed by atoms with van der Waals surface area (Å²) in [5, 5.41) is 6.64. The SMILES string of the molecule is CCc1ccccc1NC(=O)CC(=O)NCCc1ccc(Cl)cc1Cl. The third kappa shape index (κ3) is 6.07. The highest BCUT2D eigenvalue weighted by molar-refractivity contribution is 6.35. The molecule has 0 fully saturated rings. The van der Waals surface area contributed by atoms with E-state index in [-0.39, 0.29) is 18.2 Å². The molecule has 25 heavy (non-hydrogen) atoms. The van der Waals surface area contributed by atoms with E-state index in [1.165, 1.54) is 0 Å². The Morgan fingerprint density at radius 3 is 2.48 bits per heavy atom. The molecule has 2 rings (SSSR count). The first-order valence-corrected chi connectivity index (χ1v) is 8.83. The molecule has 0 atom stereocenters. The number of anilines is 1. The molecule has 0 heterocycles. The van der Waals surface area contributed by atoms with Crippen molar-refractivity contribution in [1.29, 1.82) is 0 Å². The molecule has 0 saturated heterocycles. The molecule has 0 aliphatic carbocycles. The molecule has 0 radical (unpaired) electrons. The van der Waals surface area contributed by atoms with Crippen LogP contribution in [0.15, 0.2) is 42.5 Å². The minimum atomic E-state index is -0.331. The molecule has 2 aromatic carbocycles. The van der Waals surface area contributed by atoms with E-state index in [2.05, 4.69) is 10.6 Å². The van der Waals surface area contributed by atoms with Crippen LogP contribution in [0.4, 0.5) is 5.69 Å². The van der Waals surface area contributed by atoms with Gasteiger partial charge in [-0.25, -0.2) is 0 Å². The van der Waals surface area contributed by atoms with Gasteiger partial charge in [0.05, 0.1) is 0 Å². The van der Waals surface area contributed by atoms with Crippen LogP contribution in [-0.2, 0) is 22.4 Å². The van der Waals surface area contributed by atoms with Crippen molar-refractivity contribution in [3.63, 3.8) is 0 Å². The van der Waals surface area contributed by atoms with Gasteiger partial charge in [0.2, 0.25) is 11.8 Å². The largest absolute Gasteiger partial charge is 0.355 e. The second-order valence-corrected chi connectivity index (χ2v) is 6.41. The van der Waals surface area contributed by atoms with Crippen LogP contribution in [0.1, 0.15) is 24.5 Å². The van der Waals surface area contributed by atoms with Crippen LogP contribution in [0, 0.1) is 0 Å². The molecule has 0 bridgehead atoms. The summed E-state index contributed by atoms with van der Waals surface area (Å²) in [6.45, 7) is 2.42. The summed E-state index contributed by atoms with van der Waals surface area (Å²) in [6, 6.07) is 12.8. The summed E-state index contributed by atoms with van der Waals surface area (Å²) in [6.07, 6.45) is 1.17. The summed E-state index contributed by atoms with van der Waals surface area (Å²) in [5.41, 5.74) is 2.68. The first-order valence-electron chi connectivity index (χ1n) is 8.08. The minimum absolute atomic E-state index is 0.216. The summed E-state index contributed by atoms with van der Waals surface area (Å²) < 4.78 is 0. The van der Waals surface area contributed by atoms with Crippen molar-refractivity contribution in [2.75, 3.05) is 11.9 Å². The normalized spacial score (nSPS) is 10.4. The number of amides is 2. The Hall–Kier alpha value is -2.04. The van der Waals surface area contributed by atoms with Crippen molar-refractivity contribution >= 4 is 40.7 Å². The molecule has 0 unspecified atom stereocenters. The Morgan fingerprint density at radius 1 is 1.00 bits per heavy atom. The van der Waals surface area contributed by atoms with Gasteiger partial charge in [0, 0.05) is 22.3 Å². The average molecular weight is 379 g/mol. The van der Waals surface area contributed by atoms with Crippen LogP contribution < -0.4 is 10.6 Å². The smallest absolute Gasteiger partial charge is 0.233 e. The number of carbonyl (C=O) groups excluding carboxylic acids is 2. The Balaban J connectivity index is 1.78. The number of benzene rings is 2. The number of halogens is 2. The number of para-hydroxylation sites is 1. The number of rotatable bonds is 7. The number of aryl methyl sites for hydroxylation is 1. The number of hydrogen-bond acceptors (Lipinski definition) is 2. The predicted molar refractivity (Wildman–Crippen MR) is 102 cm³/mol. The van der Waals surface area contributed by atoms with Crippen LogP contribution >= 0.6 is 23.2 Å². The molecule has 2 N–H and O–H groups in total. The molecule has 0 aliphatic rings. The van der Waals surface area contributed by atoms with Crippen molar-refractivity contribution in [3.8, 4) is 0 Å². The number of nitrogens with one attached hydrogen (secondary N) is 2. The molecule has 4 nitrogen and oxygen atoms in total. The van der Waals surface area contributed by atoms with Crippen molar-refractivity contribution in [3.05, 3.63) is 63.6 Å². The quantitative estimate of drug-likeness (QED) is 0.707. The van der Waals surface area contributed by atoms with Gasteiger partial charge < -0.3 is 10.6 Å². The van der Waals surface area contributed by atoms with Crippen molar-refractivity contribution in [1.82, 2.24) is 5.32 Å². The van der Waals surface area contributed by atoms with Crippen LogP contribution in [0.3, 0.4) is 0 Å². The molecular weight excluding hydrogens is 359 g/mol. The minimum Gasteiger partial charge on any atom is -0.355 e. The highest BCUT2D eigenvalue weighted by Gasteiger charge is 2.11. The molecule has 132 valence electrons. The summed E-state index contributed by atoms with van der Waals surface area (Å²) in [4.78, 5) is 23.9. The summed E-state index contributed by atoms with van der Waals surface area (Å²) in [7, 11) is 0. The van der Waals surface area contributed by atoms with Gasteiger partial charge in [0.1, 0.15) is 6.42 Å². The monoisotopic (exact) mass is 378 g/mol. The Labute approximate surface area is 157 Å². The first-order chi connectivity index (χ1) is 12.0. The average Bonchev–Trinajstić information content (AvgIpc) is 2.57. The fourth-order valence-electron chi connectivity index (χ4n) is 2.41. The second-order valence-electron chi connectivity index (χ2n) is 5.57. The van der Waals surface area contributed by atoms with Gasteiger partial charge in [-0.15, -0.1) is 0 Å². The van der Waals surface area contributed by atoms with E-state index >= 15 is 0 Å². The Morgan fingerprint density at radius 2 is 1.76 bits per heavy atom. The van der Waals surface area contributed by atoms with Gasteiger partial charge in [-0.2, -0.15) is 0 Å². The van der Waals surface area contributed by atoms with E-state index in [1.54, 1.807) is 12.1 Å². The highest BCUT2D eigenvalue weighted by atomic mass is 35.5. The van der Waals surface area contributed by atoms with E-state index < -0.39 is 0 Å². The summed E-state index contributed by atoms with van der Waals surface area (Å²) >= 11 is 11.9. The lowest BCUT2D eigenvalue weighted by Crippen LogP contribution is -2.29. The molecule has 2 amide bonds. The predicted octanol–water partition coefficient (Wildman–Crippen LogP) is 4.24. The highest BCUT2D eigenvalue weighted by Crippen LogP contribution is 2.21. The standard InChI is InChI=1S/C19H20Cl2N2O2/c1-2-13-5-3-4-6-17(13)23-19(25)12-18(24)22-10-9-14-7-8-15(20)11-16(14)21/h3-8,11H,2,9-10,12H2,1H3,(H,22,24)(H,23,25). The van der Waals surface area contributed by atoms with E-state index in [4.69, 9.17) is 23.2 Å². The second kappa shape index (κ2) is 9.44. The molecule has 0 aliphatic heterocycles. The van der Waals surface area contributed by atoms with Gasteiger partial charge in [-0.05, 0) is 42.2 Å². The van der Waals surface area contributed by atoms with E-state index in [0.29, 0.717) is 23.0 Å². The maximum absolute atomic E-state index is 12.0. The molecule has 0 aromatic heterocycles. The van der Waals surface area contributed by atoms with E-state index in [0.717, 1.165) is 23.2 Å². The third-order valence-corrected chi connectivity index (χ3v) is 4.31. The van der Waals surface area contributed by atoms with E-state index in [1.807, 2.05) is 37.3 Å².